The molecule has 0 radical (unpaired) electrons. The van der Waals surface area contributed by atoms with Crippen molar-refractivity contribution >= 4 is 17.5 Å². The molecule has 1 aromatic heterocycles. The van der Waals surface area contributed by atoms with Crippen molar-refractivity contribution in [2.75, 3.05) is 6.54 Å². The maximum absolute atomic E-state index is 13.8. The molecule has 5 aliphatic rings. The predicted molar refractivity (Wildman–Crippen MR) is 109 cm³/mol. The average Bonchev–Trinajstić information content (AvgIpc) is 3.36. The van der Waals surface area contributed by atoms with Crippen LogP contribution >= 0.6 is 11.6 Å². The predicted octanol–water partition coefficient (Wildman–Crippen LogP) is 5.27. The van der Waals surface area contributed by atoms with E-state index in [0.717, 1.165) is 62.0 Å². The number of carbonyl (C=O) groups excluding carboxylic acids is 1. The van der Waals surface area contributed by atoms with Crippen molar-refractivity contribution in [2.24, 2.45) is 23.2 Å². The van der Waals surface area contributed by atoms with Gasteiger partial charge in [-0.15, -0.1) is 0 Å². The molecule has 0 spiro atoms. The topological polar surface area (TPSA) is 59.2 Å². The van der Waals surface area contributed by atoms with Crippen LogP contribution in [0.2, 0.25) is 5.02 Å². The first kappa shape index (κ1) is 17.9. The van der Waals surface area contributed by atoms with E-state index < -0.39 is 0 Å². The number of likely N-dealkylation sites (tertiary alicyclic amines) is 1. The molecule has 29 heavy (non-hydrogen) atoms. The number of halogens is 1. The highest BCUT2D eigenvalue weighted by atomic mass is 35.5. The first-order chi connectivity index (χ1) is 14.1. The van der Waals surface area contributed by atoms with Gasteiger partial charge in [0.1, 0.15) is 6.04 Å². The summed E-state index contributed by atoms with van der Waals surface area (Å²) in [7, 11) is 0. The maximum atomic E-state index is 13.8. The number of rotatable bonds is 3. The second-order valence-electron chi connectivity index (χ2n) is 9.82. The summed E-state index contributed by atoms with van der Waals surface area (Å²) in [6.07, 6.45) is 9.23. The molecule has 4 aliphatic carbocycles. The Bertz CT molecular complexity index is 920. The van der Waals surface area contributed by atoms with Gasteiger partial charge in [0.25, 0.3) is 0 Å². The summed E-state index contributed by atoms with van der Waals surface area (Å²) >= 11 is 6.10. The second kappa shape index (κ2) is 6.56. The van der Waals surface area contributed by atoms with Crippen LogP contribution in [0.5, 0.6) is 0 Å². The van der Waals surface area contributed by atoms with Gasteiger partial charge in [0.05, 0.1) is 5.41 Å². The molecule has 1 atom stereocenters. The number of nitrogens with zero attached hydrogens (tertiary/aromatic N) is 3. The van der Waals surface area contributed by atoms with Gasteiger partial charge in [-0.2, -0.15) is 4.98 Å². The van der Waals surface area contributed by atoms with Crippen LogP contribution in [0.1, 0.15) is 63.3 Å². The van der Waals surface area contributed by atoms with Gasteiger partial charge in [-0.1, -0.05) is 28.9 Å². The van der Waals surface area contributed by atoms with Crippen molar-refractivity contribution in [3.8, 4) is 11.4 Å². The first-order valence-corrected chi connectivity index (χ1v) is 11.4. The van der Waals surface area contributed by atoms with Crippen molar-refractivity contribution in [2.45, 2.75) is 57.4 Å². The molecule has 7 rings (SSSR count). The Hall–Kier alpha value is -1.88. The molecule has 1 saturated heterocycles. The highest BCUT2D eigenvalue weighted by molar-refractivity contribution is 6.30. The first-order valence-electron chi connectivity index (χ1n) is 11.0. The SMILES string of the molecule is O=C(N1CCCC1c1nc(-c2cccc(Cl)c2)no1)C12CC3CC(CC(C3)C1)C2. The van der Waals surface area contributed by atoms with Gasteiger partial charge in [0.2, 0.25) is 17.6 Å². The van der Waals surface area contributed by atoms with Crippen molar-refractivity contribution < 1.29 is 9.32 Å². The highest BCUT2D eigenvalue weighted by Crippen LogP contribution is 2.61. The number of hydrogen-bond donors (Lipinski definition) is 0. The molecule has 1 amide bonds. The van der Waals surface area contributed by atoms with E-state index in [1.165, 1.54) is 19.3 Å². The van der Waals surface area contributed by atoms with Gasteiger partial charge in [-0.25, -0.2) is 0 Å². The monoisotopic (exact) mass is 411 g/mol. The minimum Gasteiger partial charge on any atom is -0.337 e. The standard InChI is InChI=1S/C23H26ClN3O2/c24-18-4-1-3-17(10-18)20-25-21(29-26-20)19-5-2-6-27(19)22(28)23-11-14-7-15(12-23)9-16(8-14)13-23/h1,3-4,10,14-16,19H,2,5-9,11-13H2. The van der Waals surface area contributed by atoms with Crippen molar-refractivity contribution in [3.63, 3.8) is 0 Å². The summed E-state index contributed by atoms with van der Waals surface area (Å²) in [5.74, 6) is 3.77. The summed E-state index contributed by atoms with van der Waals surface area (Å²) in [5.41, 5.74) is 0.720. The fourth-order valence-corrected chi connectivity index (χ4v) is 7.25. The highest BCUT2D eigenvalue weighted by Gasteiger charge is 2.56. The summed E-state index contributed by atoms with van der Waals surface area (Å²) in [4.78, 5) is 20.5. The largest absolute Gasteiger partial charge is 0.337 e. The van der Waals surface area contributed by atoms with Crippen LogP contribution in [0.15, 0.2) is 28.8 Å². The lowest BCUT2D eigenvalue weighted by Crippen LogP contribution is -2.54. The lowest BCUT2D eigenvalue weighted by Gasteiger charge is -2.56. The fourth-order valence-electron chi connectivity index (χ4n) is 7.06. The molecule has 5 fully saturated rings. The Labute approximate surface area is 175 Å². The zero-order valence-electron chi connectivity index (χ0n) is 16.5. The van der Waals surface area contributed by atoms with E-state index in [9.17, 15) is 4.79 Å². The Kier molecular flexibility index (Phi) is 4.06. The minimum absolute atomic E-state index is 0.0871. The van der Waals surface area contributed by atoms with Gasteiger partial charge in [-0.3, -0.25) is 4.79 Å². The van der Waals surface area contributed by atoms with E-state index in [1.807, 2.05) is 24.3 Å². The van der Waals surface area contributed by atoms with Crippen molar-refractivity contribution in [3.05, 3.63) is 35.2 Å². The molecule has 5 nitrogen and oxygen atoms in total. The average molecular weight is 412 g/mol. The molecule has 0 N–H and O–H groups in total. The van der Waals surface area contributed by atoms with E-state index in [-0.39, 0.29) is 11.5 Å². The van der Waals surface area contributed by atoms with E-state index >= 15 is 0 Å². The Morgan fingerprint density at radius 3 is 2.55 bits per heavy atom. The maximum Gasteiger partial charge on any atom is 0.249 e. The number of benzene rings is 1. The van der Waals surface area contributed by atoms with Gasteiger partial charge in [-0.05, 0) is 81.3 Å². The van der Waals surface area contributed by atoms with E-state index in [1.54, 1.807) is 0 Å². The molecule has 152 valence electrons. The molecule has 1 unspecified atom stereocenters. The van der Waals surface area contributed by atoms with Crippen LogP contribution in [-0.4, -0.2) is 27.5 Å². The number of aromatic nitrogens is 2. The summed E-state index contributed by atoms with van der Waals surface area (Å²) < 4.78 is 5.64. The third-order valence-corrected chi connectivity index (χ3v) is 8.05. The Morgan fingerprint density at radius 2 is 1.86 bits per heavy atom. The fraction of sp³-hybridized carbons (Fsp3) is 0.609. The molecule has 6 heteroatoms. The van der Waals surface area contributed by atoms with Gasteiger partial charge >= 0.3 is 0 Å². The molecule has 1 aliphatic heterocycles. The zero-order valence-corrected chi connectivity index (χ0v) is 17.3. The van der Waals surface area contributed by atoms with Crippen molar-refractivity contribution in [1.29, 1.82) is 0 Å². The van der Waals surface area contributed by atoms with E-state index in [2.05, 4.69) is 15.0 Å². The quantitative estimate of drug-likeness (QED) is 0.690. The van der Waals surface area contributed by atoms with Crippen LogP contribution in [0, 0.1) is 23.2 Å². The normalized spacial score (nSPS) is 35.4. The third-order valence-electron chi connectivity index (χ3n) is 7.82. The van der Waals surface area contributed by atoms with E-state index in [0.29, 0.717) is 22.6 Å². The smallest absolute Gasteiger partial charge is 0.249 e. The summed E-state index contributed by atoms with van der Waals surface area (Å²) in [6, 6.07) is 7.38. The lowest BCUT2D eigenvalue weighted by molar-refractivity contribution is -0.159. The number of hydrogen-bond acceptors (Lipinski definition) is 4. The van der Waals surface area contributed by atoms with Crippen LogP contribution < -0.4 is 0 Å². The van der Waals surface area contributed by atoms with Crippen LogP contribution in [0.25, 0.3) is 11.4 Å². The molecular weight excluding hydrogens is 386 g/mol. The third kappa shape index (κ3) is 2.92. The second-order valence-corrected chi connectivity index (χ2v) is 10.3. The molecule has 2 heterocycles. The van der Waals surface area contributed by atoms with Crippen LogP contribution in [0.3, 0.4) is 0 Å². The van der Waals surface area contributed by atoms with Gasteiger partial charge < -0.3 is 9.42 Å². The Balaban J connectivity index is 1.27. The Morgan fingerprint density at radius 1 is 1.14 bits per heavy atom. The van der Waals surface area contributed by atoms with Crippen molar-refractivity contribution in [1.82, 2.24) is 15.0 Å². The minimum atomic E-state index is -0.118. The number of carbonyl (C=O) groups is 1. The number of amides is 1. The lowest BCUT2D eigenvalue weighted by atomic mass is 9.49. The van der Waals surface area contributed by atoms with Crippen LogP contribution in [-0.2, 0) is 4.79 Å². The summed E-state index contributed by atoms with van der Waals surface area (Å²) in [5, 5.41) is 4.82. The zero-order chi connectivity index (χ0) is 19.6. The van der Waals surface area contributed by atoms with Gasteiger partial charge in [0.15, 0.2) is 0 Å². The summed E-state index contributed by atoms with van der Waals surface area (Å²) in [6.45, 7) is 0.806. The molecular formula is C23H26ClN3O2. The van der Waals surface area contributed by atoms with E-state index in [4.69, 9.17) is 16.1 Å². The molecule has 4 saturated carbocycles. The van der Waals surface area contributed by atoms with Gasteiger partial charge in [0, 0.05) is 17.1 Å². The molecule has 4 bridgehead atoms. The molecule has 2 aromatic rings. The van der Waals surface area contributed by atoms with Crippen LogP contribution in [0.4, 0.5) is 0 Å². The molecule has 1 aromatic carbocycles.